The molecule has 1 atom stereocenters. The van der Waals surface area contributed by atoms with Crippen LogP contribution in [0.3, 0.4) is 0 Å². The zero-order valence-electron chi connectivity index (χ0n) is 9.55. The summed E-state index contributed by atoms with van der Waals surface area (Å²) in [7, 11) is 0. The molecule has 17 heavy (non-hydrogen) atoms. The van der Waals surface area contributed by atoms with Crippen LogP contribution < -0.4 is 0 Å². The summed E-state index contributed by atoms with van der Waals surface area (Å²) in [5, 5.41) is 17.3. The molecule has 0 aliphatic heterocycles. The molecule has 2 aromatic rings. The van der Waals surface area contributed by atoms with Gasteiger partial charge in [-0.2, -0.15) is 0 Å². The van der Waals surface area contributed by atoms with Crippen LogP contribution in [0.1, 0.15) is 30.7 Å². The molecule has 0 fully saturated rings. The molecule has 0 saturated heterocycles. The summed E-state index contributed by atoms with van der Waals surface area (Å²) < 4.78 is 14.6. The van der Waals surface area contributed by atoms with E-state index in [4.69, 9.17) is 0 Å². The van der Waals surface area contributed by atoms with Crippen LogP contribution in [-0.4, -0.2) is 20.1 Å². The Kier molecular flexibility index (Phi) is 3.49. The molecule has 90 valence electrons. The second-order valence-electron chi connectivity index (χ2n) is 3.89. The van der Waals surface area contributed by atoms with Crippen LogP contribution in [0.4, 0.5) is 4.39 Å². The Morgan fingerprint density at radius 2 is 2.29 bits per heavy atom. The zero-order chi connectivity index (χ0) is 12.3. The fourth-order valence-electron chi connectivity index (χ4n) is 1.57. The lowest BCUT2D eigenvalue weighted by Crippen LogP contribution is -2.00. The average Bonchev–Trinajstić information content (AvgIpc) is 2.76. The fourth-order valence-corrected chi connectivity index (χ4v) is 1.57. The molecule has 4 nitrogen and oxygen atoms in total. The number of nitrogens with zero attached hydrogens (tertiary/aromatic N) is 3. The normalized spacial score (nSPS) is 12.6. The molecule has 0 amide bonds. The van der Waals surface area contributed by atoms with Crippen molar-refractivity contribution in [2.45, 2.75) is 26.0 Å². The van der Waals surface area contributed by atoms with Gasteiger partial charge in [-0.3, -0.25) is 0 Å². The average molecular weight is 235 g/mol. The molecule has 1 aromatic carbocycles. The van der Waals surface area contributed by atoms with Crippen molar-refractivity contribution in [3.63, 3.8) is 0 Å². The van der Waals surface area contributed by atoms with Crippen LogP contribution in [-0.2, 0) is 6.54 Å². The summed E-state index contributed by atoms with van der Waals surface area (Å²) in [5.41, 5.74) is 1.36. The Morgan fingerprint density at radius 1 is 1.47 bits per heavy atom. The van der Waals surface area contributed by atoms with E-state index in [-0.39, 0.29) is 5.82 Å². The number of halogens is 1. The number of hydrogen-bond acceptors (Lipinski definition) is 3. The van der Waals surface area contributed by atoms with Crippen molar-refractivity contribution in [2.24, 2.45) is 0 Å². The highest BCUT2D eigenvalue weighted by Gasteiger charge is 2.09. The second kappa shape index (κ2) is 5.05. The molecule has 1 heterocycles. The Balaban J connectivity index is 2.11. The lowest BCUT2D eigenvalue weighted by atomic mass is 10.2. The van der Waals surface area contributed by atoms with E-state index in [1.165, 1.54) is 12.1 Å². The van der Waals surface area contributed by atoms with Crippen LogP contribution >= 0.6 is 0 Å². The number of aliphatic hydroxyl groups is 1. The second-order valence-corrected chi connectivity index (χ2v) is 3.89. The third-order valence-corrected chi connectivity index (χ3v) is 2.52. The summed E-state index contributed by atoms with van der Waals surface area (Å²) in [6, 6.07) is 6.33. The van der Waals surface area contributed by atoms with Gasteiger partial charge in [0.1, 0.15) is 11.5 Å². The van der Waals surface area contributed by atoms with Crippen molar-refractivity contribution in [1.82, 2.24) is 15.0 Å². The summed E-state index contributed by atoms with van der Waals surface area (Å²) >= 11 is 0. The number of aliphatic hydroxyl groups excluding tert-OH is 1. The molecule has 0 radical (unpaired) electrons. The van der Waals surface area contributed by atoms with Gasteiger partial charge in [0, 0.05) is 0 Å². The SMILES string of the molecule is CCC(O)c1cn(Cc2cccc(F)c2)nn1. The lowest BCUT2D eigenvalue weighted by molar-refractivity contribution is 0.168. The standard InChI is InChI=1S/C12H14FN3O/c1-2-12(17)11-8-16(15-14-11)7-9-4-3-5-10(13)6-9/h3-6,8,12,17H,2,7H2,1H3. The van der Waals surface area contributed by atoms with Crippen LogP contribution in [0.2, 0.25) is 0 Å². The van der Waals surface area contributed by atoms with E-state index >= 15 is 0 Å². The summed E-state index contributed by atoms with van der Waals surface area (Å²) in [6.07, 6.45) is 1.69. The summed E-state index contributed by atoms with van der Waals surface area (Å²) in [5.74, 6) is -0.267. The molecule has 1 aromatic heterocycles. The van der Waals surface area contributed by atoms with Gasteiger partial charge in [-0.05, 0) is 24.1 Å². The first-order valence-corrected chi connectivity index (χ1v) is 5.51. The van der Waals surface area contributed by atoms with Gasteiger partial charge in [0.25, 0.3) is 0 Å². The molecule has 1 N–H and O–H groups in total. The van der Waals surface area contributed by atoms with Crippen molar-refractivity contribution in [3.05, 3.63) is 47.5 Å². The molecule has 0 aliphatic carbocycles. The van der Waals surface area contributed by atoms with Gasteiger partial charge in [0.2, 0.25) is 0 Å². The smallest absolute Gasteiger partial charge is 0.123 e. The van der Waals surface area contributed by atoms with Gasteiger partial charge in [0.05, 0.1) is 18.8 Å². The van der Waals surface area contributed by atoms with Crippen molar-refractivity contribution in [1.29, 1.82) is 0 Å². The molecular formula is C12H14FN3O. The third-order valence-electron chi connectivity index (χ3n) is 2.52. The van der Waals surface area contributed by atoms with Crippen LogP contribution in [0.15, 0.2) is 30.5 Å². The Morgan fingerprint density at radius 3 is 3.00 bits per heavy atom. The van der Waals surface area contributed by atoms with Crippen LogP contribution in [0.25, 0.3) is 0 Å². The topological polar surface area (TPSA) is 50.9 Å². The minimum atomic E-state index is -0.587. The maximum absolute atomic E-state index is 13.0. The first kappa shape index (κ1) is 11.7. The van der Waals surface area contributed by atoms with E-state index < -0.39 is 6.10 Å². The Labute approximate surface area is 98.7 Å². The van der Waals surface area contributed by atoms with E-state index in [0.717, 1.165) is 5.56 Å². The fraction of sp³-hybridized carbons (Fsp3) is 0.333. The number of aromatic nitrogens is 3. The maximum atomic E-state index is 13.0. The van der Waals surface area contributed by atoms with Crippen molar-refractivity contribution in [2.75, 3.05) is 0 Å². The van der Waals surface area contributed by atoms with Crippen molar-refractivity contribution < 1.29 is 9.50 Å². The minimum Gasteiger partial charge on any atom is -0.387 e. The Hall–Kier alpha value is -1.75. The molecular weight excluding hydrogens is 221 g/mol. The quantitative estimate of drug-likeness (QED) is 0.880. The molecule has 5 heteroatoms. The molecule has 0 bridgehead atoms. The summed E-state index contributed by atoms with van der Waals surface area (Å²) in [6.45, 7) is 2.32. The highest BCUT2D eigenvalue weighted by Crippen LogP contribution is 2.13. The largest absolute Gasteiger partial charge is 0.387 e. The molecule has 0 spiro atoms. The van der Waals surface area contributed by atoms with E-state index in [0.29, 0.717) is 18.7 Å². The number of hydrogen-bond donors (Lipinski definition) is 1. The first-order valence-electron chi connectivity index (χ1n) is 5.51. The first-order chi connectivity index (χ1) is 8.19. The molecule has 0 aliphatic rings. The van der Waals surface area contributed by atoms with E-state index in [1.807, 2.05) is 13.0 Å². The van der Waals surface area contributed by atoms with Gasteiger partial charge in [-0.1, -0.05) is 24.3 Å². The lowest BCUT2D eigenvalue weighted by Gasteiger charge is -2.02. The van der Waals surface area contributed by atoms with Crippen molar-refractivity contribution in [3.8, 4) is 0 Å². The van der Waals surface area contributed by atoms with Gasteiger partial charge < -0.3 is 5.11 Å². The highest BCUT2D eigenvalue weighted by atomic mass is 19.1. The van der Waals surface area contributed by atoms with Gasteiger partial charge in [-0.25, -0.2) is 9.07 Å². The van der Waals surface area contributed by atoms with E-state index in [1.54, 1.807) is 16.9 Å². The van der Waals surface area contributed by atoms with Gasteiger partial charge >= 0.3 is 0 Å². The summed E-state index contributed by atoms with van der Waals surface area (Å²) in [4.78, 5) is 0. The third kappa shape index (κ3) is 2.88. The predicted octanol–water partition coefficient (Wildman–Crippen LogP) is 1.91. The monoisotopic (exact) mass is 235 g/mol. The zero-order valence-corrected chi connectivity index (χ0v) is 9.55. The van der Waals surface area contributed by atoms with Crippen LogP contribution in [0, 0.1) is 5.82 Å². The van der Waals surface area contributed by atoms with Crippen LogP contribution in [0.5, 0.6) is 0 Å². The minimum absolute atomic E-state index is 0.267. The number of benzene rings is 1. The number of rotatable bonds is 4. The van der Waals surface area contributed by atoms with Crippen molar-refractivity contribution >= 4 is 0 Å². The molecule has 0 saturated carbocycles. The van der Waals surface area contributed by atoms with E-state index in [9.17, 15) is 9.50 Å². The molecule has 1 unspecified atom stereocenters. The predicted molar refractivity (Wildman–Crippen MR) is 60.8 cm³/mol. The highest BCUT2D eigenvalue weighted by molar-refractivity contribution is 5.16. The van der Waals surface area contributed by atoms with Gasteiger partial charge in [-0.15, -0.1) is 5.10 Å². The molecule has 2 rings (SSSR count). The maximum Gasteiger partial charge on any atom is 0.123 e. The van der Waals surface area contributed by atoms with E-state index in [2.05, 4.69) is 10.3 Å². The Bertz CT molecular complexity index is 498. The van der Waals surface area contributed by atoms with Gasteiger partial charge in [0.15, 0.2) is 0 Å².